The van der Waals surface area contributed by atoms with Gasteiger partial charge in [-0.05, 0) is 13.3 Å². The van der Waals surface area contributed by atoms with Crippen molar-refractivity contribution < 1.29 is 14.6 Å². The molecule has 0 aromatic rings. The summed E-state index contributed by atoms with van der Waals surface area (Å²) in [4.78, 5) is 0. The van der Waals surface area contributed by atoms with Crippen molar-refractivity contribution in [2.75, 3.05) is 26.4 Å². The molecule has 0 heterocycles. The normalized spacial score (nSPS) is 11.1. The van der Waals surface area contributed by atoms with Crippen LogP contribution in [0.1, 0.15) is 20.3 Å². The standard InChI is InChI=1S/C6H12O2.C6H12O/c1-3-4-8-5-6(2)7;1-3-5-7-6-4-2/h3,6-7H,1,4-5H2,2H3;3H,1,4-6H2,2H3. The lowest BCUT2D eigenvalue weighted by Gasteiger charge is -2.01. The molecule has 3 heteroatoms. The summed E-state index contributed by atoms with van der Waals surface area (Å²) in [5.74, 6) is 0. The van der Waals surface area contributed by atoms with Gasteiger partial charge in [-0.15, -0.1) is 13.2 Å². The van der Waals surface area contributed by atoms with E-state index in [1.165, 1.54) is 0 Å². The predicted octanol–water partition coefficient (Wildman–Crippen LogP) is 2.17. The van der Waals surface area contributed by atoms with E-state index in [0.717, 1.165) is 13.0 Å². The summed E-state index contributed by atoms with van der Waals surface area (Å²) in [6, 6.07) is 0. The van der Waals surface area contributed by atoms with Crippen molar-refractivity contribution in [1.82, 2.24) is 0 Å². The molecule has 0 aliphatic rings. The molecule has 90 valence electrons. The van der Waals surface area contributed by atoms with Crippen LogP contribution in [0.25, 0.3) is 0 Å². The van der Waals surface area contributed by atoms with Gasteiger partial charge in [-0.2, -0.15) is 0 Å². The zero-order valence-corrected chi connectivity index (χ0v) is 9.95. The number of hydrogen-bond donors (Lipinski definition) is 1. The molecule has 0 spiro atoms. The third kappa shape index (κ3) is 24.7. The number of hydrogen-bond acceptors (Lipinski definition) is 3. The first kappa shape index (κ1) is 16.8. The summed E-state index contributed by atoms with van der Waals surface area (Å²) < 4.78 is 9.89. The van der Waals surface area contributed by atoms with Gasteiger partial charge in [0.25, 0.3) is 0 Å². The third-order valence-corrected chi connectivity index (χ3v) is 1.18. The van der Waals surface area contributed by atoms with Crippen molar-refractivity contribution in [2.24, 2.45) is 0 Å². The van der Waals surface area contributed by atoms with E-state index in [0.29, 0.717) is 19.8 Å². The summed E-state index contributed by atoms with van der Waals surface area (Å²) in [7, 11) is 0. The molecule has 0 aliphatic heterocycles. The van der Waals surface area contributed by atoms with E-state index >= 15 is 0 Å². The molecule has 0 saturated carbocycles. The Balaban J connectivity index is 0. The van der Waals surface area contributed by atoms with Crippen LogP contribution < -0.4 is 0 Å². The summed E-state index contributed by atoms with van der Waals surface area (Å²) >= 11 is 0. The maximum absolute atomic E-state index is 8.62. The highest BCUT2D eigenvalue weighted by Crippen LogP contribution is 1.81. The van der Waals surface area contributed by atoms with Gasteiger partial charge < -0.3 is 14.6 Å². The fraction of sp³-hybridized carbons (Fsp3) is 0.667. The average molecular weight is 216 g/mol. The van der Waals surface area contributed by atoms with Gasteiger partial charge >= 0.3 is 0 Å². The van der Waals surface area contributed by atoms with Gasteiger partial charge in [-0.3, -0.25) is 0 Å². The number of aliphatic hydroxyl groups excluding tert-OH is 1. The van der Waals surface area contributed by atoms with Crippen LogP contribution in [0, 0.1) is 0 Å². The molecule has 3 nitrogen and oxygen atoms in total. The van der Waals surface area contributed by atoms with E-state index in [2.05, 4.69) is 20.1 Å². The second-order valence-electron chi connectivity index (χ2n) is 3.04. The van der Waals surface area contributed by atoms with Crippen molar-refractivity contribution in [1.29, 1.82) is 0 Å². The summed E-state index contributed by atoms with van der Waals surface area (Å²) in [6.07, 6.45) is 4.14. The lowest BCUT2D eigenvalue weighted by atomic mass is 10.4. The van der Waals surface area contributed by atoms with Crippen LogP contribution in [0.3, 0.4) is 0 Å². The summed E-state index contributed by atoms with van der Waals surface area (Å²) in [5.41, 5.74) is 0. The maximum atomic E-state index is 8.62. The van der Waals surface area contributed by atoms with Gasteiger partial charge in [0.05, 0.1) is 25.9 Å². The molecule has 1 atom stereocenters. The van der Waals surface area contributed by atoms with E-state index < -0.39 is 0 Å². The molecule has 0 saturated heterocycles. The largest absolute Gasteiger partial charge is 0.391 e. The molecule has 0 radical (unpaired) electrons. The van der Waals surface area contributed by atoms with Gasteiger partial charge in [0.1, 0.15) is 0 Å². The van der Waals surface area contributed by atoms with Gasteiger partial charge in [-0.25, -0.2) is 0 Å². The maximum Gasteiger partial charge on any atom is 0.0745 e. The molecule has 0 aromatic heterocycles. The minimum atomic E-state index is -0.366. The Kier molecular flexibility index (Phi) is 17.7. The molecule has 0 aliphatic carbocycles. The smallest absolute Gasteiger partial charge is 0.0745 e. The van der Waals surface area contributed by atoms with Crippen molar-refractivity contribution in [2.45, 2.75) is 26.4 Å². The zero-order chi connectivity index (χ0) is 11.9. The molecule has 0 amide bonds. The second-order valence-corrected chi connectivity index (χ2v) is 3.04. The molecule has 0 fully saturated rings. The van der Waals surface area contributed by atoms with E-state index in [1.54, 1.807) is 19.1 Å². The number of rotatable bonds is 8. The summed E-state index contributed by atoms with van der Waals surface area (Å²) in [6.45, 7) is 13.2. The molecule has 15 heavy (non-hydrogen) atoms. The first-order valence-corrected chi connectivity index (χ1v) is 5.24. The predicted molar refractivity (Wildman–Crippen MR) is 64.0 cm³/mol. The first-order chi connectivity index (χ1) is 7.18. The van der Waals surface area contributed by atoms with Crippen LogP contribution >= 0.6 is 0 Å². The van der Waals surface area contributed by atoms with Gasteiger partial charge in [0.15, 0.2) is 0 Å². The number of ether oxygens (including phenoxy) is 2. The Morgan fingerprint density at radius 3 is 2.13 bits per heavy atom. The van der Waals surface area contributed by atoms with E-state index in [9.17, 15) is 0 Å². The lowest BCUT2D eigenvalue weighted by molar-refractivity contribution is 0.0599. The number of aliphatic hydroxyl groups is 1. The minimum absolute atomic E-state index is 0.366. The van der Waals surface area contributed by atoms with E-state index in [4.69, 9.17) is 14.6 Å². The lowest BCUT2D eigenvalue weighted by Crippen LogP contribution is -2.09. The Bertz CT molecular complexity index is 133. The monoisotopic (exact) mass is 216 g/mol. The quantitative estimate of drug-likeness (QED) is 0.499. The SMILES string of the molecule is C=CCOCC(C)O.C=CCOCCC. The van der Waals surface area contributed by atoms with E-state index in [-0.39, 0.29) is 6.10 Å². The summed E-state index contributed by atoms with van der Waals surface area (Å²) in [5, 5.41) is 8.62. The second kappa shape index (κ2) is 15.8. The Labute approximate surface area is 93.4 Å². The minimum Gasteiger partial charge on any atom is -0.391 e. The van der Waals surface area contributed by atoms with Crippen molar-refractivity contribution >= 4 is 0 Å². The van der Waals surface area contributed by atoms with Crippen molar-refractivity contribution in [3.63, 3.8) is 0 Å². The van der Waals surface area contributed by atoms with Gasteiger partial charge in [0, 0.05) is 6.61 Å². The van der Waals surface area contributed by atoms with Crippen LogP contribution in [0.15, 0.2) is 25.3 Å². The molecular formula is C12H24O3. The third-order valence-electron chi connectivity index (χ3n) is 1.18. The highest BCUT2D eigenvalue weighted by atomic mass is 16.5. The van der Waals surface area contributed by atoms with Gasteiger partial charge in [0.2, 0.25) is 0 Å². The van der Waals surface area contributed by atoms with Crippen LogP contribution in [-0.4, -0.2) is 37.6 Å². The molecular weight excluding hydrogens is 192 g/mol. The molecule has 0 rings (SSSR count). The van der Waals surface area contributed by atoms with Crippen molar-refractivity contribution in [3.05, 3.63) is 25.3 Å². The highest BCUT2D eigenvalue weighted by Gasteiger charge is 1.90. The highest BCUT2D eigenvalue weighted by molar-refractivity contribution is 4.64. The van der Waals surface area contributed by atoms with Gasteiger partial charge in [-0.1, -0.05) is 19.1 Å². The fourth-order valence-electron chi connectivity index (χ4n) is 0.633. The molecule has 1 unspecified atom stereocenters. The molecule has 1 N–H and O–H groups in total. The first-order valence-electron chi connectivity index (χ1n) is 5.24. The fourth-order valence-corrected chi connectivity index (χ4v) is 0.633. The van der Waals surface area contributed by atoms with Crippen LogP contribution in [0.5, 0.6) is 0 Å². The van der Waals surface area contributed by atoms with Crippen LogP contribution in [0.4, 0.5) is 0 Å². The Morgan fingerprint density at radius 2 is 1.73 bits per heavy atom. The topological polar surface area (TPSA) is 38.7 Å². The Hall–Kier alpha value is -0.640. The molecule has 0 bridgehead atoms. The van der Waals surface area contributed by atoms with Crippen molar-refractivity contribution in [3.8, 4) is 0 Å². The van der Waals surface area contributed by atoms with E-state index in [1.807, 2.05) is 0 Å². The average Bonchev–Trinajstić information content (AvgIpc) is 2.20. The van der Waals surface area contributed by atoms with Crippen LogP contribution in [-0.2, 0) is 9.47 Å². The molecule has 0 aromatic carbocycles. The Morgan fingerprint density at radius 1 is 1.20 bits per heavy atom. The van der Waals surface area contributed by atoms with Crippen LogP contribution in [0.2, 0.25) is 0 Å². The zero-order valence-electron chi connectivity index (χ0n) is 9.95.